The third-order valence-corrected chi connectivity index (χ3v) is 3.17. The highest BCUT2D eigenvalue weighted by Crippen LogP contribution is 2.25. The molecule has 0 fully saturated rings. The molecule has 16 heavy (non-hydrogen) atoms. The normalized spacial score (nSPS) is 13.1. The van der Waals surface area contributed by atoms with Crippen molar-refractivity contribution >= 4 is 0 Å². The van der Waals surface area contributed by atoms with Crippen LogP contribution in [0.5, 0.6) is 5.75 Å². The minimum absolute atomic E-state index is 0.290. The van der Waals surface area contributed by atoms with Crippen LogP contribution in [0, 0.1) is 0 Å². The Kier molecular flexibility index (Phi) is 4.77. The molecule has 1 unspecified atom stereocenters. The summed E-state index contributed by atoms with van der Waals surface area (Å²) in [4.78, 5) is 2.37. The summed E-state index contributed by atoms with van der Waals surface area (Å²) < 4.78 is 0. The van der Waals surface area contributed by atoms with Gasteiger partial charge in [-0.15, -0.1) is 0 Å². The first kappa shape index (κ1) is 13.0. The van der Waals surface area contributed by atoms with Gasteiger partial charge in [0, 0.05) is 18.2 Å². The predicted octanol–water partition coefficient (Wildman–Crippen LogP) is 2.25. The Hall–Kier alpha value is -1.06. The number of nitrogens with zero attached hydrogens (tertiary/aromatic N) is 1. The van der Waals surface area contributed by atoms with Crippen molar-refractivity contribution in [3.8, 4) is 5.75 Å². The molecule has 3 N–H and O–H groups in total. The van der Waals surface area contributed by atoms with E-state index < -0.39 is 0 Å². The van der Waals surface area contributed by atoms with Crippen LogP contribution in [-0.2, 0) is 6.54 Å². The summed E-state index contributed by atoms with van der Waals surface area (Å²) in [6.45, 7) is 8.92. The lowest BCUT2D eigenvalue weighted by molar-refractivity contribution is 0.234. The maximum absolute atomic E-state index is 9.58. The fraction of sp³-hybridized carbons (Fsp3) is 0.538. The van der Waals surface area contributed by atoms with E-state index in [0.29, 0.717) is 12.6 Å². The Bertz CT molecular complexity index is 335. The Morgan fingerprint density at radius 2 is 1.94 bits per heavy atom. The smallest absolute Gasteiger partial charge is 0.120 e. The molecule has 0 saturated carbocycles. The zero-order chi connectivity index (χ0) is 12.1. The van der Waals surface area contributed by atoms with Gasteiger partial charge in [-0.1, -0.05) is 19.9 Å². The van der Waals surface area contributed by atoms with Gasteiger partial charge in [0.2, 0.25) is 0 Å². The van der Waals surface area contributed by atoms with Gasteiger partial charge >= 0.3 is 0 Å². The molecule has 0 radical (unpaired) electrons. The van der Waals surface area contributed by atoms with E-state index in [-0.39, 0.29) is 5.75 Å². The monoisotopic (exact) mass is 222 g/mol. The molecule has 1 aromatic carbocycles. The standard InChI is InChI=1S/C13H22N2O/c1-4-15(5-2)10(3)11-6-7-13(16)12(8-11)9-14/h6-8,10,16H,4-5,9,14H2,1-3H3. The number of phenolic OH excluding ortho intramolecular Hbond substituents is 1. The molecule has 1 rings (SSSR count). The molecule has 0 saturated heterocycles. The van der Waals surface area contributed by atoms with Crippen LogP contribution in [0.3, 0.4) is 0 Å². The van der Waals surface area contributed by atoms with Gasteiger partial charge < -0.3 is 10.8 Å². The van der Waals surface area contributed by atoms with Crippen molar-refractivity contribution < 1.29 is 5.11 Å². The number of phenols is 1. The molecule has 0 aliphatic heterocycles. The number of hydrogen-bond donors (Lipinski definition) is 2. The van der Waals surface area contributed by atoms with Crippen LogP contribution in [0.2, 0.25) is 0 Å². The van der Waals surface area contributed by atoms with Crippen molar-refractivity contribution in [1.82, 2.24) is 4.90 Å². The first-order valence-electron chi connectivity index (χ1n) is 5.89. The Morgan fingerprint density at radius 1 is 1.31 bits per heavy atom. The highest BCUT2D eigenvalue weighted by molar-refractivity contribution is 5.37. The van der Waals surface area contributed by atoms with Crippen LogP contribution in [-0.4, -0.2) is 23.1 Å². The van der Waals surface area contributed by atoms with E-state index >= 15 is 0 Å². The van der Waals surface area contributed by atoms with E-state index in [2.05, 4.69) is 25.7 Å². The fourth-order valence-corrected chi connectivity index (χ4v) is 2.01. The summed E-state index contributed by atoms with van der Waals surface area (Å²) in [5, 5.41) is 9.58. The number of hydrogen-bond acceptors (Lipinski definition) is 3. The van der Waals surface area contributed by atoms with Gasteiger partial charge in [-0.05, 0) is 37.7 Å². The molecule has 3 heteroatoms. The first-order chi connectivity index (χ1) is 7.63. The highest BCUT2D eigenvalue weighted by atomic mass is 16.3. The molecule has 0 aromatic heterocycles. The molecule has 0 aliphatic carbocycles. The van der Waals surface area contributed by atoms with Gasteiger partial charge in [-0.2, -0.15) is 0 Å². The summed E-state index contributed by atoms with van der Waals surface area (Å²) in [6.07, 6.45) is 0. The van der Waals surface area contributed by atoms with Crippen LogP contribution < -0.4 is 5.73 Å². The van der Waals surface area contributed by atoms with Crippen molar-refractivity contribution in [2.75, 3.05) is 13.1 Å². The molecule has 1 atom stereocenters. The molecular formula is C13H22N2O. The molecule has 3 nitrogen and oxygen atoms in total. The lowest BCUT2D eigenvalue weighted by atomic mass is 10.0. The zero-order valence-electron chi connectivity index (χ0n) is 10.4. The summed E-state index contributed by atoms with van der Waals surface area (Å²) in [5.74, 6) is 0.290. The SMILES string of the molecule is CCN(CC)C(C)c1ccc(O)c(CN)c1. The minimum Gasteiger partial charge on any atom is -0.508 e. The van der Waals surface area contributed by atoms with Gasteiger partial charge in [0.05, 0.1) is 0 Å². The van der Waals surface area contributed by atoms with E-state index in [1.165, 1.54) is 5.56 Å². The van der Waals surface area contributed by atoms with Crippen molar-refractivity contribution in [3.63, 3.8) is 0 Å². The second kappa shape index (κ2) is 5.87. The molecule has 0 amide bonds. The van der Waals surface area contributed by atoms with Crippen LogP contribution in [0.15, 0.2) is 18.2 Å². The summed E-state index contributed by atoms with van der Waals surface area (Å²) in [5.41, 5.74) is 7.61. The van der Waals surface area contributed by atoms with Crippen molar-refractivity contribution in [1.29, 1.82) is 0 Å². The Morgan fingerprint density at radius 3 is 2.44 bits per heavy atom. The number of rotatable bonds is 5. The second-order valence-corrected chi connectivity index (χ2v) is 3.99. The Balaban J connectivity index is 2.95. The van der Waals surface area contributed by atoms with E-state index in [4.69, 9.17) is 5.73 Å². The van der Waals surface area contributed by atoms with Gasteiger partial charge in [0.15, 0.2) is 0 Å². The maximum atomic E-state index is 9.58. The third kappa shape index (κ3) is 2.74. The molecule has 1 aromatic rings. The summed E-state index contributed by atoms with van der Waals surface area (Å²) >= 11 is 0. The van der Waals surface area contributed by atoms with Gasteiger partial charge in [-0.3, -0.25) is 4.90 Å². The van der Waals surface area contributed by atoms with Gasteiger partial charge in [0.25, 0.3) is 0 Å². The molecular weight excluding hydrogens is 200 g/mol. The second-order valence-electron chi connectivity index (χ2n) is 3.99. The first-order valence-corrected chi connectivity index (χ1v) is 5.89. The molecule has 0 spiro atoms. The van der Waals surface area contributed by atoms with Crippen LogP contribution in [0.4, 0.5) is 0 Å². The maximum Gasteiger partial charge on any atom is 0.120 e. The van der Waals surface area contributed by atoms with E-state index in [1.807, 2.05) is 12.1 Å². The topological polar surface area (TPSA) is 49.5 Å². The lowest BCUT2D eigenvalue weighted by Gasteiger charge is -2.27. The molecule has 0 aliphatic rings. The van der Waals surface area contributed by atoms with Crippen molar-refractivity contribution in [3.05, 3.63) is 29.3 Å². The third-order valence-electron chi connectivity index (χ3n) is 3.17. The number of nitrogens with two attached hydrogens (primary N) is 1. The van der Waals surface area contributed by atoms with Crippen LogP contribution in [0.25, 0.3) is 0 Å². The van der Waals surface area contributed by atoms with E-state index in [1.54, 1.807) is 6.07 Å². The van der Waals surface area contributed by atoms with Crippen molar-refractivity contribution in [2.24, 2.45) is 5.73 Å². The molecule has 0 bridgehead atoms. The highest BCUT2D eigenvalue weighted by Gasteiger charge is 2.13. The average Bonchev–Trinajstić information content (AvgIpc) is 2.31. The molecule has 90 valence electrons. The van der Waals surface area contributed by atoms with Crippen LogP contribution >= 0.6 is 0 Å². The fourth-order valence-electron chi connectivity index (χ4n) is 2.01. The minimum atomic E-state index is 0.290. The lowest BCUT2D eigenvalue weighted by Crippen LogP contribution is -2.26. The molecule has 0 heterocycles. The summed E-state index contributed by atoms with van der Waals surface area (Å²) in [6, 6.07) is 6.06. The van der Waals surface area contributed by atoms with Gasteiger partial charge in [0.1, 0.15) is 5.75 Å². The predicted molar refractivity (Wildman–Crippen MR) is 67.3 cm³/mol. The van der Waals surface area contributed by atoms with E-state index in [0.717, 1.165) is 18.7 Å². The summed E-state index contributed by atoms with van der Waals surface area (Å²) in [7, 11) is 0. The quantitative estimate of drug-likeness (QED) is 0.803. The Labute approximate surface area is 97.9 Å². The van der Waals surface area contributed by atoms with E-state index in [9.17, 15) is 5.11 Å². The van der Waals surface area contributed by atoms with Gasteiger partial charge in [-0.25, -0.2) is 0 Å². The van der Waals surface area contributed by atoms with Crippen LogP contribution in [0.1, 0.15) is 37.9 Å². The zero-order valence-corrected chi connectivity index (χ0v) is 10.4. The van der Waals surface area contributed by atoms with Crippen molar-refractivity contribution in [2.45, 2.75) is 33.4 Å². The largest absolute Gasteiger partial charge is 0.508 e. The number of benzene rings is 1. The number of aromatic hydroxyl groups is 1. The average molecular weight is 222 g/mol.